The van der Waals surface area contributed by atoms with E-state index in [0.29, 0.717) is 11.3 Å². The van der Waals surface area contributed by atoms with Crippen LogP contribution in [0.15, 0.2) is 24.3 Å². The van der Waals surface area contributed by atoms with Gasteiger partial charge in [0, 0.05) is 18.3 Å². The van der Waals surface area contributed by atoms with E-state index in [-0.39, 0.29) is 17.7 Å². The standard InChI is InChI=1S/C14H21N3O2/c1-4-9(2)12(14(19)16-3)17-13(18)10-6-5-7-11(15)8-10/h5-9,12H,4,15H2,1-3H3,(H,16,19)(H,17,18). The molecule has 0 aliphatic heterocycles. The second-order valence-electron chi connectivity index (χ2n) is 4.58. The van der Waals surface area contributed by atoms with Gasteiger partial charge < -0.3 is 16.4 Å². The van der Waals surface area contributed by atoms with E-state index in [1.165, 1.54) is 0 Å². The van der Waals surface area contributed by atoms with Crippen molar-refractivity contribution in [3.63, 3.8) is 0 Å². The third kappa shape index (κ3) is 3.98. The summed E-state index contributed by atoms with van der Waals surface area (Å²) in [5, 5.41) is 5.33. The van der Waals surface area contributed by atoms with Crippen LogP contribution in [0.5, 0.6) is 0 Å². The molecule has 1 aromatic carbocycles. The van der Waals surface area contributed by atoms with E-state index in [1.807, 2.05) is 13.8 Å². The fourth-order valence-electron chi connectivity index (χ4n) is 1.76. The van der Waals surface area contributed by atoms with Crippen molar-refractivity contribution in [1.29, 1.82) is 0 Å². The summed E-state index contributed by atoms with van der Waals surface area (Å²) in [4.78, 5) is 23.9. The molecule has 2 unspecified atom stereocenters. The topological polar surface area (TPSA) is 84.2 Å². The molecule has 5 heteroatoms. The van der Waals surface area contributed by atoms with E-state index >= 15 is 0 Å². The van der Waals surface area contributed by atoms with Gasteiger partial charge in [0.05, 0.1) is 0 Å². The molecule has 0 spiro atoms. The molecule has 0 bridgehead atoms. The first kappa shape index (κ1) is 15.0. The number of benzene rings is 1. The van der Waals surface area contributed by atoms with Crippen molar-refractivity contribution in [2.45, 2.75) is 26.3 Å². The number of hydrogen-bond acceptors (Lipinski definition) is 3. The summed E-state index contributed by atoms with van der Waals surface area (Å²) in [5.74, 6) is -0.419. The molecule has 0 aliphatic carbocycles. The lowest BCUT2D eigenvalue weighted by atomic mass is 9.98. The summed E-state index contributed by atoms with van der Waals surface area (Å²) in [7, 11) is 1.56. The molecule has 2 amide bonds. The Hall–Kier alpha value is -2.04. The first-order valence-corrected chi connectivity index (χ1v) is 6.37. The normalized spacial score (nSPS) is 13.4. The third-order valence-corrected chi connectivity index (χ3v) is 3.18. The largest absolute Gasteiger partial charge is 0.399 e. The lowest BCUT2D eigenvalue weighted by Gasteiger charge is -2.22. The fraction of sp³-hybridized carbons (Fsp3) is 0.429. The van der Waals surface area contributed by atoms with Crippen LogP contribution in [-0.4, -0.2) is 24.9 Å². The van der Waals surface area contributed by atoms with Crippen LogP contribution in [0.4, 0.5) is 5.69 Å². The summed E-state index contributed by atoms with van der Waals surface area (Å²) in [5.41, 5.74) is 6.62. The number of nitrogen functional groups attached to an aromatic ring is 1. The predicted molar refractivity (Wildman–Crippen MR) is 75.6 cm³/mol. The Morgan fingerprint density at radius 2 is 2.05 bits per heavy atom. The average Bonchev–Trinajstić information content (AvgIpc) is 2.42. The van der Waals surface area contributed by atoms with Crippen LogP contribution in [0.25, 0.3) is 0 Å². The lowest BCUT2D eigenvalue weighted by molar-refractivity contribution is -0.123. The Morgan fingerprint density at radius 3 is 2.58 bits per heavy atom. The van der Waals surface area contributed by atoms with Crippen LogP contribution < -0.4 is 16.4 Å². The van der Waals surface area contributed by atoms with Crippen molar-refractivity contribution in [2.24, 2.45) is 5.92 Å². The first-order chi connectivity index (χ1) is 8.99. The van der Waals surface area contributed by atoms with E-state index in [2.05, 4.69) is 10.6 Å². The molecule has 0 aromatic heterocycles. The number of nitrogens with two attached hydrogens (primary N) is 1. The Labute approximate surface area is 113 Å². The molecule has 0 heterocycles. The van der Waals surface area contributed by atoms with E-state index in [9.17, 15) is 9.59 Å². The van der Waals surface area contributed by atoms with Crippen LogP contribution in [-0.2, 0) is 4.79 Å². The Bertz CT molecular complexity index is 460. The van der Waals surface area contributed by atoms with Crippen molar-refractivity contribution in [3.05, 3.63) is 29.8 Å². The quantitative estimate of drug-likeness (QED) is 0.697. The van der Waals surface area contributed by atoms with Gasteiger partial charge in [0.1, 0.15) is 6.04 Å². The maximum atomic E-state index is 12.1. The van der Waals surface area contributed by atoms with Crippen molar-refractivity contribution in [1.82, 2.24) is 10.6 Å². The summed E-state index contributed by atoms with van der Waals surface area (Å²) in [6, 6.07) is 6.14. The Balaban J connectivity index is 2.84. The van der Waals surface area contributed by atoms with E-state index in [0.717, 1.165) is 6.42 Å². The van der Waals surface area contributed by atoms with E-state index in [4.69, 9.17) is 5.73 Å². The monoisotopic (exact) mass is 263 g/mol. The molecule has 1 aromatic rings. The van der Waals surface area contributed by atoms with E-state index in [1.54, 1.807) is 31.3 Å². The van der Waals surface area contributed by atoms with Gasteiger partial charge in [-0.2, -0.15) is 0 Å². The minimum atomic E-state index is -0.538. The zero-order chi connectivity index (χ0) is 14.4. The molecule has 0 radical (unpaired) electrons. The third-order valence-electron chi connectivity index (χ3n) is 3.18. The molecule has 2 atom stereocenters. The van der Waals surface area contributed by atoms with Gasteiger partial charge in [0.15, 0.2) is 0 Å². The van der Waals surface area contributed by atoms with Gasteiger partial charge in [-0.05, 0) is 24.1 Å². The molecule has 0 saturated carbocycles. The summed E-state index contributed by atoms with van der Waals surface area (Å²) >= 11 is 0. The van der Waals surface area contributed by atoms with Crippen molar-refractivity contribution < 1.29 is 9.59 Å². The van der Waals surface area contributed by atoms with Crippen LogP contribution in [0, 0.1) is 5.92 Å². The second-order valence-corrected chi connectivity index (χ2v) is 4.58. The van der Waals surface area contributed by atoms with Gasteiger partial charge in [0.2, 0.25) is 5.91 Å². The zero-order valence-electron chi connectivity index (χ0n) is 11.6. The molecular weight excluding hydrogens is 242 g/mol. The fourth-order valence-corrected chi connectivity index (χ4v) is 1.76. The lowest BCUT2D eigenvalue weighted by Crippen LogP contribution is -2.49. The van der Waals surface area contributed by atoms with Crippen molar-refractivity contribution >= 4 is 17.5 Å². The molecule has 104 valence electrons. The van der Waals surface area contributed by atoms with E-state index < -0.39 is 6.04 Å². The number of anilines is 1. The Kier molecular flexibility index (Phi) is 5.36. The van der Waals surface area contributed by atoms with Crippen molar-refractivity contribution in [3.8, 4) is 0 Å². The molecule has 4 N–H and O–H groups in total. The van der Waals surface area contributed by atoms with Gasteiger partial charge in [-0.25, -0.2) is 0 Å². The molecule has 0 saturated heterocycles. The predicted octanol–water partition coefficient (Wildman–Crippen LogP) is 1.16. The molecule has 5 nitrogen and oxygen atoms in total. The minimum absolute atomic E-state index is 0.0601. The molecular formula is C14H21N3O2. The summed E-state index contributed by atoms with van der Waals surface area (Å²) < 4.78 is 0. The average molecular weight is 263 g/mol. The maximum Gasteiger partial charge on any atom is 0.252 e. The number of carbonyl (C=O) groups excluding carboxylic acids is 2. The summed E-state index contributed by atoms with van der Waals surface area (Å²) in [6.07, 6.45) is 0.801. The molecule has 1 rings (SSSR count). The number of likely N-dealkylation sites (N-methyl/N-ethyl adjacent to an activating group) is 1. The minimum Gasteiger partial charge on any atom is -0.399 e. The summed E-state index contributed by atoms with van der Waals surface area (Å²) in [6.45, 7) is 3.91. The van der Waals surface area contributed by atoms with Gasteiger partial charge in [-0.15, -0.1) is 0 Å². The first-order valence-electron chi connectivity index (χ1n) is 6.37. The number of nitrogens with one attached hydrogen (secondary N) is 2. The highest BCUT2D eigenvalue weighted by Gasteiger charge is 2.25. The number of amides is 2. The SMILES string of the molecule is CCC(C)C(NC(=O)c1cccc(N)c1)C(=O)NC. The highest BCUT2D eigenvalue weighted by Crippen LogP contribution is 2.11. The van der Waals surface area contributed by atoms with Crippen molar-refractivity contribution in [2.75, 3.05) is 12.8 Å². The number of hydrogen-bond donors (Lipinski definition) is 3. The van der Waals surface area contributed by atoms with Crippen LogP contribution in [0.1, 0.15) is 30.6 Å². The second kappa shape index (κ2) is 6.78. The molecule has 19 heavy (non-hydrogen) atoms. The van der Waals surface area contributed by atoms with Crippen LogP contribution >= 0.6 is 0 Å². The van der Waals surface area contributed by atoms with Gasteiger partial charge >= 0.3 is 0 Å². The highest BCUT2D eigenvalue weighted by atomic mass is 16.2. The molecule has 0 fully saturated rings. The van der Waals surface area contributed by atoms with Gasteiger partial charge in [0.25, 0.3) is 5.91 Å². The van der Waals surface area contributed by atoms with Crippen LogP contribution in [0.2, 0.25) is 0 Å². The number of carbonyl (C=O) groups is 2. The highest BCUT2D eigenvalue weighted by molar-refractivity contribution is 5.98. The van der Waals surface area contributed by atoms with Crippen LogP contribution in [0.3, 0.4) is 0 Å². The maximum absolute atomic E-state index is 12.1. The molecule has 0 aliphatic rings. The smallest absolute Gasteiger partial charge is 0.252 e. The van der Waals surface area contributed by atoms with Gasteiger partial charge in [-0.3, -0.25) is 9.59 Å². The van der Waals surface area contributed by atoms with Gasteiger partial charge in [-0.1, -0.05) is 26.3 Å². The zero-order valence-corrected chi connectivity index (χ0v) is 11.6. The Morgan fingerprint density at radius 1 is 1.37 bits per heavy atom. The number of rotatable bonds is 5.